The van der Waals surface area contributed by atoms with Gasteiger partial charge in [0, 0.05) is 6.42 Å². The third kappa shape index (κ3) is 6.24. The summed E-state index contributed by atoms with van der Waals surface area (Å²) >= 11 is 0. The molecule has 0 heterocycles. The fraction of sp³-hybridized carbons (Fsp3) is 0.286. The molecule has 0 unspecified atom stereocenters. The van der Waals surface area contributed by atoms with Crippen molar-refractivity contribution in [3.63, 3.8) is 0 Å². The molecule has 37 heavy (non-hydrogen) atoms. The van der Waals surface area contributed by atoms with Crippen LogP contribution in [0, 0.1) is 11.6 Å². The van der Waals surface area contributed by atoms with Crippen LogP contribution in [-0.2, 0) is 27.1 Å². The Labute approximate surface area is 213 Å². The lowest BCUT2D eigenvalue weighted by Crippen LogP contribution is -2.42. The minimum absolute atomic E-state index is 0.0662. The molecular formula is C28H27F2NO6. The molecule has 0 aromatic heterocycles. The lowest BCUT2D eigenvalue weighted by atomic mass is 9.80. The Morgan fingerprint density at radius 3 is 2.49 bits per heavy atom. The van der Waals surface area contributed by atoms with Crippen molar-refractivity contribution in [3.05, 3.63) is 89.5 Å². The van der Waals surface area contributed by atoms with Crippen LogP contribution in [0.15, 0.2) is 66.7 Å². The first-order chi connectivity index (χ1) is 17.8. The smallest absolute Gasteiger partial charge is 0.419 e. The number of hydrogen-bond acceptors (Lipinski definition) is 6. The highest BCUT2D eigenvalue weighted by Crippen LogP contribution is 2.35. The van der Waals surface area contributed by atoms with Crippen LogP contribution in [-0.4, -0.2) is 42.6 Å². The van der Waals surface area contributed by atoms with Crippen LogP contribution in [0.3, 0.4) is 0 Å². The van der Waals surface area contributed by atoms with Crippen LogP contribution in [0.2, 0.25) is 0 Å². The maximum atomic E-state index is 14.6. The van der Waals surface area contributed by atoms with Crippen molar-refractivity contribution in [2.75, 3.05) is 24.7 Å². The van der Waals surface area contributed by atoms with E-state index in [0.29, 0.717) is 12.2 Å². The summed E-state index contributed by atoms with van der Waals surface area (Å²) in [6.07, 6.45) is -0.0363. The summed E-state index contributed by atoms with van der Waals surface area (Å²) < 4.78 is 44.0. The Morgan fingerprint density at radius 2 is 1.76 bits per heavy atom. The van der Waals surface area contributed by atoms with Gasteiger partial charge in [-0.2, -0.15) is 0 Å². The molecule has 1 atom stereocenters. The molecule has 0 bridgehead atoms. The SMILES string of the molecule is CCOC(=O)COc1cccc2c1CC[C@](O)(COC(=O)N(c1ccc(F)cc1)c1ccccc1F)C2. The largest absolute Gasteiger partial charge is 0.482 e. The highest BCUT2D eigenvalue weighted by atomic mass is 19.1. The molecule has 0 saturated carbocycles. The van der Waals surface area contributed by atoms with Gasteiger partial charge in [-0.25, -0.2) is 23.3 Å². The van der Waals surface area contributed by atoms with E-state index in [4.69, 9.17) is 14.2 Å². The average Bonchev–Trinajstić information content (AvgIpc) is 2.88. The fourth-order valence-corrected chi connectivity index (χ4v) is 4.29. The number of esters is 1. The van der Waals surface area contributed by atoms with Crippen molar-refractivity contribution in [1.29, 1.82) is 0 Å². The van der Waals surface area contributed by atoms with E-state index in [1.165, 1.54) is 30.3 Å². The number of para-hydroxylation sites is 1. The Bertz CT molecular complexity index is 1270. The first-order valence-electron chi connectivity index (χ1n) is 11.9. The average molecular weight is 512 g/mol. The molecule has 194 valence electrons. The zero-order valence-corrected chi connectivity index (χ0v) is 20.3. The maximum absolute atomic E-state index is 14.6. The first kappa shape index (κ1) is 26.1. The number of ether oxygens (including phenoxy) is 3. The maximum Gasteiger partial charge on any atom is 0.419 e. The lowest BCUT2D eigenvalue weighted by Gasteiger charge is -2.34. The first-order valence-corrected chi connectivity index (χ1v) is 11.9. The van der Waals surface area contributed by atoms with E-state index in [1.54, 1.807) is 25.1 Å². The molecule has 0 radical (unpaired) electrons. The van der Waals surface area contributed by atoms with Crippen molar-refractivity contribution in [1.82, 2.24) is 0 Å². The molecule has 9 heteroatoms. The number of fused-ring (bicyclic) bond motifs is 1. The summed E-state index contributed by atoms with van der Waals surface area (Å²) in [4.78, 5) is 25.8. The molecule has 0 saturated heterocycles. The minimum Gasteiger partial charge on any atom is -0.482 e. The predicted octanol–water partition coefficient (Wildman–Crippen LogP) is 5.10. The number of halogens is 2. The summed E-state index contributed by atoms with van der Waals surface area (Å²) in [5, 5.41) is 11.2. The molecule has 1 N–H and O–H groups in total. The third-order valence-corrected chi connectivity index (χ3v) is 6.07. The Morgan fingerprint density at radius 1 is 1.00 bits per heavy atom. The Kier molecular flexibility index (Phi) is 8.03. The molecule has 0 fully saturated rings. The fourth-order valence-electron chi connectivity index (χ4n) is 4.29. The molecular weight excluding hydrogens is 484 g/mol. The van der Waals surface area contributed by atoms with Crippen molar-refractivity contribution in [2.24, 2.45) is 0 Å². The number of carbonyl (C=O) groups is 2. The summed E-state index contributed by atoms with van der Waals surface area (Å²) in [5.74, 6) is -1.11. The van der Waals surface area contributed by atoms with Gasteiger partial charge in [0.1, 0.15) is 29.6 Å². The quantitative estimate of drug-likeness (QED) is 0.424. The van der Waals surface area contributed by atoms with Crippen LogP contribution in [0.4, 0.5) is 25.0 Å². The zero-order valence-electron chi connectivity index (χ0n) is 20.3. The number of aliphatic hydroxyl groups is 1. The number of carbonyl (C=O) groups excluding carboxylic acids is 2. The molecule has 1 amide bonds. The zero-order chi connectivity index (χ0) is 26.4. The molecule has 1 aliphatic rings. The van der Waals surface area contributed by atoms with Gasteiger partial charge in [-0.3, -0.25) is 0 Å². The summed E-state index contributed by atoms with van der Waals surface area (Å²) in [6, 6.07) is 16.0. The van der Waals surface area contributed by atoms with Crippen molar-refractivity contribution in [3.8, 4) is 5.75 Å². The number of benzene rings is 3. The highest BCUT2D eigenvalue weighted by Gasteiger charge is 2.36. The summed E-state index contributed by atoms with van der Waals surface area (Å²) in [7, 11) is 0. The van der Waals surface area contributed by atoms with Gasteiger partial charge in [-0.05, 0) is 73.4 Å². The van der Waals surface area contributed by atoms with Crippen molar-refractivity contribution in [2.45, 2.75) is 31.8 Å². The van der Waals surface area contributed by atoms with E-state index in [2.05, 4.69) is 0 Å². The highest BCUT2D eigenvalue weighted by molar-refractivity contribution is 5.96. The lowest BCUT2D eigenvalue weighted by molar-refractivity contribution is -0.145. The van der Waals surface area contributed by atoms with E-state index in [9.17, 15) is 23.5 Å². The second-order valence-corrected chi connectivity index (χ2v) is 8.71. The van der Waals surface area contributed by atoms with Gasteiger partial charge in [0.2, 0.25) is 0 Å². The molecule has 0 spiro atoms. The van der Waals surface area contributed by atoms with E-state index in [1.807, 2.05) is 6.07 Å². The van der Waals surface area contributed by atoms with E-state index in [0.717, 1.165) is 28.2 Å². The standard InChI is InChI=1S/C28H27F2NO6/c1-2-35-26(32)17-36-25-9-5-6-19-16-28(34,15-14-22(19)25)18-37-27(33)31(21-12-10-20(29)11-13-21)24-8-4-3-7-23(24)30/h3-13,34H,2,14-18H2,1H3/t28-/m1/s1. The number of nitrogens with zero attached hydrogens (tertiary/aromatic N) is 1. The predicted molar refractivity (Wildman–Crippen MR) is 132 cm³/mol. The molecule has 3 aromatic rings. The van der Waals surface area contributed by atoms with Gasteiger partial charge in [0.15, 0.2) is 6.61 Å². The van der Waals surface area contributed by atoms with Crippen LogP contribution >= 0.6 is 0 Å². The minimum atomic E-state index is -1.37. The Balaban J connectivity index is 1.48. The van der Waals surface area contributed by atoms with Gasteiger partial charge in [-0.1, -0.05) is 24.3 Å². The number of rotatable bonds is 8. The molecule has 4 rings (SSSR count). The van der Waals surface area contributed by atoms with Crippen LogP contribution in [0.1, 0.15) is 24.5 Å². The van der Waals surface area contributed by atoms with Gasteiger partial charge >= 0.3 is 12.1 Å². The van der Waals surface area contributed by atoms with Gasteiger partial charge in [-0.15, -0.1) is 0 Å². The van der Waals surface area contributed by atoms with Crippen LogP contribution in [0.25, 0.3) is 0 Å². The van der Waals surface area contributed by atoms with E-state index in [-0.39, 0.29) is 44.0 Å². The van der Waals surface area contributed by atoms with Gasteiger partial charge in [0.05, 0.1) is 18.0 Å². The molecule has 7 nitrogen and oxygen atoms in total. The normalized spacial score (nSPS) is 16.4. The molecule has 1 aliphatic carbocycles. The molecule has 3 aromatic carbocycles. The summed E-state index contributed by atoms with van der Waals surface area (Å²) in [6.45, 7) is 1.41. The second-order valence-electron chi connectivity index (χ2n) is 8.71. The number of amides is 1. The second kappa shape index (κ2) is 11.4. The van der Waals surface area contributed by atoms with Crippen molar-refractivity contribution < 1.29 is 37.7 Å². The van der Waals surface area contributed by atoms with Gasteiger partial charge < -0.3 is 19.3 Å². The topological polar surface area (TPSA) is 85.3 Å². The monoisotopic (exact) mass is 511 g/mol. The summed E-state index contributed by atoms with van der Waals surface area (Å²) in [5.41, 5.74) is 0.439. The van der Waals surface area contributed by atoms with E-state index >= 15 is 0 Å². The van der Waals surface area contributed by atoms with Crippen LogP contribution in [0.5, 0.6) is 5.75 Å². The van der Waals surface area contributed by atoms with Crippen LogP contribution < -0.4 is 9.64 Å². The number of anilines is 2. The Hall–Kier alpha value is -3.98. The molecule has 0 aliphatic heterocycles. The third-order valence-electron chi connectivity index (χ3n) is 6.07. The van der Waals surface area contributed by atoms with Crippen molar-refractivity contribution >= 4 is 23.4 Å². The van der Waals surface area contributed by atoms with E-state index < -0.39 is 29.3 Å². The van der Waals surface area contributed by atoms with Gasteiger partial charge in [0.25, 0.3) is 0 Å². The number of hydrogen-bond donors (Lipinski definition) is 1.